The fourth-order valence-electron chi connectivity index (χ4n) is 3.30. The molecule has 1 aromatic rings. The maximum absolute atomic E-state index is 12.3. The Morgan fingerprint density at radius 2 is 2.45 bits per heavy atom. The number of carbonyl (C=O) groups is 1. The predicted molar refractivity (Wildman–Crippen MR) is 80.0 cm³/mol. The quantitative estimate of drug-likeness (QED) is 0.729. The lowest BCUT2D eigenvalue weighted by Crippen LogP contribution is -2.53. The van der Waals surface area contributed by atoms with Crippen molar-refractivity contribution in [2.24, 2.45) is 5.92 Å². The highest BCUT2D eigenvalue weighted by atomic mass is 16.5. The highest BCUT2D eigenvalue weighted by Gasteiger charge is 2.35. The number of fused-ring (bicyclic) bond motifs is 1. The van der Waals surface area contributed by atoms with Crippen molar-refractivity contribution in [2.45, 2.75) is 44.6 Å². The van der Waals surface area contributed by atoms with E-state index in [4.69, 9.17) is 9.47 Å². The molecule has 0 unspecified atom stereocenters. The first-order chi connectivity index (χ1) is 10.8. The standard InChI is InChI=1S/C15H24N4O3/c1-21-9-12-7-11(18-19-12)8-17-15(20)10-2-3-14-13(6-10)16-4-5-22-14/h7,10,13-14,16H,2-6,8-9H2,1H3,(H,17,20)(H,18,19)/t10-,13+,14+/m0/s1. The van der Waals surface area contributed by atoms with Crippen molar-refractivity contribution in [3.63, 3.8) is 0 Å². The number of hydrogen-bond donors (Lipinski definition) is 3. The van der Waals surface area contributed by atoms with Crippen LogP contribution < -0.4 is 10.6 Å². The normalized spacial score (nSPS) is 28.1. The Kier molecular flexibility index (Phi) is 5.07. The van der Waals surface area contributed by atoms with Crippen LogP contribution in [0.5, 0.6) is 0 Å². The summed E-state index contributed by atoms with van der Waals surface area (Å²) in [7, 11) is 1.63. The Morgan fingerprint density at radius 1 is 1.55 bits per heavy atom. The first kappa shape index (κ1) is 15.5. The SMILES string of the molecule is COCc1cc(CNC(=O)[C@H]2CC[C@H]3OCCN[C@@H]3C2)[nH]n1. The highest BCUT2D eigenvalue weighted by molar-refractivity contribution is 5.78. The van der Waals surface area contributed by atoms with Crippen LogP contribution in [0.3, 0.4) is 0 Å². The summed E-state index contributed by atoms with van der Waals surface area (Å²) in [5, 5.41) is 13.5. The average molecular weight is 308 g/mol. The minimum Gasteiger partial charge on any atom is -0.378 e. The monoisotopic (exact) mass is 308 g/mol. The molecule has 22 heavy (non-hydrogen) atoms. The predicted octanol–water partition coefficient (Wildman–Crippen LogP) is 0.329. The number of morpholine rings is 1. The van der Waals surface area contributed by atoms with Gasteiger partial charge in [-0.3, -0.25) is 9.89 Å². The number of hydrogen-bond acceptors (Lipinski definition) is 5. The van der Waals surface area contributed by atoms with Gasteiger partial charge in [0.05, 0.1) is 37.3 Å². The van der Waals surface area contributed by atoms with E-state index in [1.807, 2.05) is 6.07 Å². The van der Waals surface area contributed by atoms with E-state index in [-0.39, 0.29) is 17.9 Å². The van der Waals surface area contributed by atoms with Gasteiger partial charge in [0, 0.05) is 25.6 Å². The van der Waals surface area contributed by atoms with E-state index < -0.39 is 0 Å². The molecule has 3 rings (SSSR count). The molecule has 3 atom stereocenters. The van der Waals surface area contributed by atoms with Crippen molar-refractivity contribution in [1.82, 2.24) is 20.8 Å². The van der Waals surface area contributed by atoms with Crippen LogP contribution in [0.15, 0.2) is 6.07 Å². The van der Waals surface area contributed by atoms with Gasteiger partial charge < -0.3 is 20.1 Å². The molecule has 1 aliphatic heterocycles. The van der Waals surface area contributed by atoms with Crippen LogP contribution in [-0.4, -0.2) is 48.5 Å². The smallest absolute Gasteiger partial charge is 0.223 e. The number of H-pyrrole nitrogens is 1. The number of carbonyl (C=O) groups excluding carboxylic acids is 1. The van der Waals surface area contributed by atoms with Crippen molar-refractivity contribution >= 4 is 5.91 Å². The Hall–Kier alpha value is -1.44. The van der Waals surface area contributed by atoms with Gasteiger partial charge in [0.15, 0.2) is 0 Å². The van der Waals surface area contributed by atoms with Gasteiger partial charge in [-0.25, -0.2) is 0 Å². The van der Waals surface area contributed by atoms with Crippen molar-refractivity contribution in [2.75, 3.05) is 20.3 Å². The second kappa shape index (κ2) is 7.21. The van der Waals surface area contributed by atoms with Crippen molar-refractivity contribution in [3.8, 4) is 0 Å². The molecule has 2 fully saturated rings. The number of aromatic amines is 1. The second-order valence-corrected chi connectivity index (χ2v) is 6.02. The number of nitrogens with one attached hydrogen (secondary N) is 3. The first-order valence-electron chi connectivity index (χ1n) is 7.91. The van der Waals surface area contributed by atoms with Crippen LogP contribution in [0.1, 0.15) is 30.7 Å². The largest absolute Gasteiger partial charge is 0.378 e. The molecule has 7 heteroatoms. The molecule has 1 aliphatic carbocycles. The number of amides is 1. The van der Waals surface area contributed by atoms with E-state index in [9.17, 15) is 4.79 Å². The number of ether oxygens (including phenoxy) is 2. The summed E-state index contributed by atoms with van der Waals surface area (Å²) in [4.78, 5) is 12.3. The lowest BCUT2D eigenvalue weighted by Gasteiger charge is -2.39. The molecule has 2 aliphatic rings. The van der Waals surface area contributed by atoms with Gasteiger partial charge in [0.25, 0.3) is 0 Å². The third kappa shape index (κ3) is 3.66. The third-order valence-electron chi connectivity index (χ3n) is 4.43. The van der Waals surface area contributed by atoms with E-state index in [1.54, 1.807) is 7.11 Å². The molecule has 1 saturated heterocycles. The molecule has 7 nitrogen and oxygen atoms in total. The minimum atomic E-state index is 0.0665. The molecular formula is C15H24N4O3. The third-order valence-corrected chi connectivity index (χ3v) is 4.43. The molecule has 1 aromatic heterocycles. The molecule has 2 heterocycles. The lowest BCUT2D eigenvalue weighted by atomic mass is 9.82. The first-order valence-corrected chi connectivity index (χ1v) is 7.91. The van der Waals surface area contributed by atoms with Gasteiger partial charge in [-0.2, -0.15) is 5.10 Å². The van der Waals surface area contributed by atoms with E-state index >= 15 is 0 Å². The molecule has 3 N–H and O–H groups in total. The fraction of sp³-hybridized carbons (Fsp3) is 0.733. The maximum atomic E-state index is 12.3. The molecule has 122 valence electrons. The molecule has 0 bridgehead atoms. The zero-order chi connectivity index (χ0) is 15.4. The molecular weight excluding hydrogens is 284 g/mol. The van der Waals surface area contributed by atoms with Crippen LogP contribution >= 0.6 is 0 Å². The van der Waals surface area contributed by atoms with Gasteiger partial charge in [-0.15, -0.1) is 0 Å². The molecule has 1 saturated carbocycles. The van der Waals surface area contributed by atoms with Gasteiger partial charge in [0.1, 0.15) is 0 Å². The summed E-state index contributed by atoms with van der Waals surface area (Å²) in [5.41, 5.74) is 1.74. The van der Waals surface area contributed by atoms with Crippen molar-refractivity contribution in [3.05, 3.63) is 17.5 Å². The number of aromatic nitrogens is 2. The maximum Gasteiger partial charge on any atom is 0.223 e. The molecule has 0 radical (unpaired) electrons. The van der Waals surface area contributed by atoms with Crippen molar-refractivity contribution in [1.29, 1.82) is 0 Å². The summed E-state index contributed by atoms with van der Waals surface area (Å²) in [6, 6.07) is 2.23. The fourth-order valence-corrected chi connectivity index (χ4v) is 3.30. The lowest BCUT2D eigenvalue weighted by molar-refractivity contribution is -0.128. The Labute approximate surface area is 130 Å². The summed E-state index contributed by atoms with van der Waals surface area (Å²) >= 11 is 0. The summed E-state index contributed by atoms with van der Waals surface area (Å²) < 4.78 is 10.8. The zero-order valence-electron chi connectivity index (χ0n) is 12.9. The number of nitrogens with zero attached hydrogens (tertiary/aromatic N) is 1. The van der Waals surface area contributed by atoms with Crippen molar-refractivity contribution < 1.29 is 14.3 Å². The van der Waals surface area contributed by atoms with Gasteiger partial charge in [-0.1, -0.05) is 0 Å². The van der Waals surface area contributed by atoms with Gasteiger partial charge in [0.2, 0.25) is 5.91 Å². The topological polar surface area (TPSA) is 88.3 Å². The van der Waals surface area contributed by atoms with E-state index in [0.29, 0.717) is 19.2 Å². The van der Waals surface area contributed by atoms with E-state index in [2.05, 4.69) is 20.8 Å². The average Bonchev–Trinajstić information content (AvgIpc) is 3.00. The highest BCUT2D eigenvalue weighted by Crippen LogP contribution is 2.28. The second-order valence-electron chi connectivity index (χ2n) is 6.02. The van der Waals surface area contributed by atoms with Crippen LogP contribution in [0, 0.1) is 5.92 Å². The Balaban J connectivity index is 1.47. The molecule has 1 amide bonds. The van der Waals surface area contributed by atoms with Crippen LogP contribution in [-0.2, 0) is 27.4 Å². The van der Waals surface area contributed by atoms with E-state index in [1.165, 1.54) is 0 Å². The van der Waals surface area contributed by atoms with Crippen LogP contribution in [0.25, 0.3) is 0 Å². The Bertz CT molecular complexity index is 505. The summed E-state index contributed by atoms with van der Waals surface area (Å²) in [6.45, 7) is 2.61. The number of rotatable bonds is 5. The van der Waals surface area contributed by atoms with Crippen LogP contribution in [0.4, 0.5) is 0 Å². The van der Waals surface area contributed by atoms with Gasteiger partial charge >= 0.3 is 0 Å². The van der Waals surface area contributed by atoms with Crippen LogP contribution in [0.2, 0.25) is 0 Å². The minimum absolute atomic E-state index is 0.0665. The zero-order valence-corrected chi connectivity index (χ0v) is 12.9. The van der Waals surface area contributed by atoms with E-state index in [0.717, 1.165) is 43.8 Å². The molecule has 0 aromatic carbocycles. The van der Waals surface area contributed by atoms with Gasteiger partial charge in [-0.05, 0) is 25.3 Å². The summed E-state index contributed by atoms with van der Waals surface area (Å²) in [5.74, 6) is 0.186. The Morgan fingerprint density at radius 3 is 3.32 bits per heavy atom. The number of methoxy groups -OCH3 is 1. The summed E-state index contributed by atoms with van der Waals surface area (Å²) in [6.07, 6.45) is 2.99. The molecule has 0 spiro atoms.